The molecule has 1 aliphatic rings. The number of hydrogen-bond donors (Lipinski definition) is 1. The number of alkyl halides is 3. The number of hydrogen-bond acceptors (Lipinski definition) is 2. The Morgan fingerprint density at radius 3 is 2.39 bits per heavy atom. The van der Waals surface area contributed by atoms with Crippen LogP contribution in [-0.4, -0.2) is 43.7 Å². The second-order valence-corrected chi connectivity index (χ2v) is 4.92. The van der Waals surface area contributed by atoms with Crippen molar-refractivity contribution < 1.29 is 18.0 Å². The molecular formula is C12H21F3N2O. The van der Waals surface area contributed by atoms with Crippen LogP contribution in [0.3, 0.4) is 0 Å². The minimum Gasteiger partial charge on any atom is -0.342 e. The highest BCUT2D eigenvalue weighted by Gasteiger charge is 2.43. The van der Waals surface area contributed by atoms with E-state index < -0.39 is 18.0 Å². The van der Waals surface area contributed by atoms with Crippen LogP contribution in [-0.2, 0) is 4.79 Å². The number of carbonyl (C=O) groups is 1. The van der Waals surface area contributed by atoms with Crippen LogP contribution in [0.15, 0.2) is 0 Å². The number of carbonyl (C=O) groups excluding carboxylic acids is 1. The molecule has 1 aliphatic heterocycles. The zero-order chi connectivity index (χ0) is 13.8. The number of halogens is 3. The van der Waals surface area contributed by atoms with Crippen LogP contribution < -0.4 is 5.32 Å². The summed E-state index contributed by atoms with van der Waals surface area (Å²) in [5.74, 6) is -2.15. The Kier molecular flexibility index (Phi) is 5.44. The van der Waals surface area contributed by atoms with E-state index in [1.54, 1.807) is 0 Å². The molecule has 1 atom stereocenters. The maximum Gasteiger partial charge on any atom is 0.400 e. The van der Waals surface area contributed by atoms with Gasteiger partial charge in [-0.1, -0.05) is 0 Å². The van der Waals surface area contributed by atoms with Crippen LogP contribution in [0, 0.1) is 11.8 Å². The van der Waals surface area contributed by atoms with Gasteiger partial charge in [-0.15, -0.1) is 0 Å². The average Bonchev–Trinajstić information content (AvgIpc) is 2.34. The summed E-state index contributed by atoms with van der Waals surface area (Å²) < 4.78 is 37.3. The highest BCUT2D eigenvalue weighted by molar-refractivity contribution is 5.79. The first kappa shape index (κ1) is 15.3. The van der Waals surface area contributed by atoms with E-state index in [0.717, 1.165) is 32.7 Å². The molecule has 1 N–H and O–H groups in total. The molecular weight excluding hydrogens is 245 g/mol. The lowest BCUT2D eigenvalue weighted by Crippen LogP contribution is -2.45. The van der Waals surface area contributed by atoms with Crippen LogP contribution in [0.2, 0.25) is 0 Å². The fourth-order valence-corrected chi connectivity index (χ4v) is 2.20. The fraction of sp³-hybridized carbons (Fsp3) is 0.917. The lowest BCUT2D eigenvalue weighted by Gasteiger charge is -2.34. The van der Waals surface area contributed by atoms with Crippen molar-refractivity contribution in [3.8, 4) is 0 Å². The van der Waals surface area contributed by atoms with Gasteiger partial charge in [-0.3, -0.25) is 4.79 Å². The smallest absolute Gasteiger partial charge is 0.342 e. The molecule has 0 aromatic carbocycles. The van der Waals surface area contributed by atoms with Gasteiger partial charge in [0.2, 0.25) is 5.91 Å². The van der Waals surface area contributed by atoms with Crippen LogP contribution in [0.4, 0.5) is 13.2 Å². The fourth-order valence-electron chi connectivity index (χ4n) is 2.20. The highest BCUT2D eigenvalue weighted by Crippen LogP contribution is 2.29. The van der Waals surface area contributed by atoms with E-state index in [9.17, 15) is 18.0 Å². The zero-order valence-electron chi connectivity index (χ0n) is 10.9. The van der Waals surface area contributed by atoms with Gasteiger partial charge >= 0.3 is 6.18 Å². The van der Waals surface area contributed by atoms with Crippen molar-refractivity contribution in [2.24, 2.45) is 11.8 Å². The van der Waals surface area contributed by atoms with Gasteiger partial charge in [0.1, 0.15) is 5.92 Å². The third-order valence-corrected chi connectivity index (χ3v) is 3.59. The summed E-state index contributed by atoms with van der Waals surface area (Å²) in [5.41, 5.74) is 0. The quantitative estimate of drug-likeness (QED) is 0.844. The Balaban J connectivity index is 2.41. The molecule has 0 spiro atoms. The molecule has 0 radical (unpaired) electrons. The molecule has 0 saturated carbocycles. The van der Waals surface area contributed by atoms with E-state index in [0.29, 0.717) is 19.0 Å². The predicted molar refractivity (Wildman–Crippen MR) is 63.1 cm³/mol. The van der Waals surface area contributed by atoms with E-state index in [1.807, 2.05) is 7.05 Å². The first-order valence-electron chi connectivity index (χ1n) is 6.36. The molecule has 1 rings (SSSR count). The number of rotatable bonds is 4. The maximum atomic E-state index is 12.4. The molecule has 1 heterocycles. The van der Waals surface area contributed by atoms with Crippen molar-refractivity contribution in [3.63, 3.8) is 0 Å². The lowest BCUT2D eigenvalue weighted by atomic mass is 9.93. The molecule has 106 valence electrons. The van der Waals surface area contributed by atoms with Gasteiger partial charge < -0.3 is 10.2 Å². The van der Waals surface area contributed by atoms with E-state index in [2.05, 4.69) is 5.32 Å². The van der Waals surface area contributed by atoms with Gasteiger partial charge in [0.15, 0.2) is 0 Å². The largest absolute Gasteiger partial charge is 0.400 e. The third-order valence-electron chi connectivity index (χ3n) is 3.59. The second-order valence-electron chi connectivity index (χ2n) is 4.92. The minimum absolute atomic E-state index is 0.452. The number of nitrogens with one attached hydrogen (secondary N) is 1. The Bertz CT molecular complexity index is 273. The SMILES string of the molecule is CNCCC1CCN(C(=O)C(C)C(F)(F)F)CC1. The molecule has 1 amide bonds. The molecule has 1 unspecified atom stereocenters. The van der Waals surface area contributed by atoms with Gasteiger partial charge in [0, 0.05) is 13.1 Å². The Labute approximate surface area is 106 Å². The lowest BCUT2D eigenvalue weighted by molar-refractivity contribution is -0.186. The summed E-state index contributed by atoms with van der Waals surface area (Å²) in [6.45, 7) is 2.76. The van der Waals surface area contributed by atoms with Gasteiger partial charge in [0.05, 0.1) is 0 Å². The molecule has 1 fully saturated rings. The summed E-state index contributed by atoms with van der Waals surface area (Å²) in [7, 11) is 1.88. The molecule has 0 aromatic heterocycles. The van der Waals surface area contributed by atoms with Crippen molar-refractivity contribution in [1.82, 2.24) is 10.2 Å². The zero-order valence-corrected chi connectivity index (χ0v) is 10.9. The summed E-state index contributed by atoms with van der Waals surface area (Å²) in [5, 5.41) is 3.06. The van der Waals surface area contributed by atoms with Crippen molar-refractivity contribution in [3.05, 3.63) is 0 Å². The normalized spacial score (nSPS) is 19.9. The topological polar surface area (TPSA) is 32.3 Å². The molecule has 0 aromatic rings. The molecule has 0 aliphatic carbocycles. The van der Waals surface area contributed by atoms with E-state index in [4.69, 9.17) is 0 Å². The summed E-state index contributed by atoms with van der Waals surface area (Å²) in [6, 6.07) is 0. The summed E-state index contributed by atoms with van der Waals surface area (Å²) in [6.07, 6.45) is -1.80. The molecule has 3 nitrogen and oxygen atoms in total. The first-order chi connectivity index (χ1) is 8.36. The molecule has 18 heavy (non-hydrogen) atoms. The number of nitrogens with zero attached hydrogens (tertiary/aromatic N) is 1. The standard InChI is InChI=1S/C12H21F3N2O/c1-9(12(13,14)15)11(18)17-7-4-10(5-8-17)3-6-16-2/h9-10,16H,3-8H2,1-2H3. The number of likely N-dealkylation sites (tertiary alicyclic amines) is 1. The van der Waals surface area contributed by atoms with Crippen molar-refractivity contribution in [1.29, 1.82) is 0 Å². The van der Waals surface area contributed by atoms with Gasteiger partial charge in [-0.2, -0.15) is 13.2 Å². The number of piperidine rings is 1. The third kappa shape index (κ3) is 4.15. The van der Waals surface area contributed by atoms with E-state index in [-0.39, 0.29) is 0 Å². The monoisotopic (exact) mass is 266 g/mol. The van der Waals surface area contributed by atoms with Crippen molar-refractivity contribution in [2.45, 2.75) is 32.4 Å². The van der Waals surface area contributed by atoms with Crippen LogP contribution in [0.5, 0.6) is 0 Å². The molecule has 6 heteroatoms. The van der Waals surface area contributed by atoms with Crippen molar-refractivity contribution in [2.75, 3.05) is 26.7 Å². The van der Waals surface area contributed by atoms with Crippen LogP contribution in [0.1, 0.15) is 26.2 Å². The van der Waals surface area contributed by atoms with Gasteiger partial charge in [-0.25, -0.2) is 0 Å². The summed E-state index contributed by atoms with van der Waals surface area (Å²) >= 11 is 0. The number of amides is 1. The predicted octanol–water partition coefficient (Wildman–Crippen LogP) is 2.03. The Morgan fingerprint density at radius 1 is 1.39 bits per heavy atom. The summed E-state index contributed by atoms with van der Waals surface area (Å²) in [4.78, 5) is 13.0. The second kappa shape index (κ2) is 6.41. The van der Waals surface area contributed by atoms with Gasteiger partial charge in [0.25, 0.3) is 0 Å². The molecule has 0 bridgehead atoms. The average molecular weight is 266 g/mol. The van der Waals surface area contributed by atoms with Gasteiger partial charge in [-0.05, 0) is 45.7 Å². The van der Waals surface area contributed by atoms with Crippen LogP contribution >= 0.6 is 0 Å². The first-order valence-corrected chi connectivity index (χ1v) is 6.36. The van der Waals surface area contributed by atoms with Crippen LogP contribution in [0.25, 0.3) is 0 Å². The Morgan fingerprint density at radius 2 is 1.94 bits per heavy atom. The van der Waals surface area contributed by atoms with E-state index >= 15 is 0 Å². The highest BCUT2D eigenvalue weighted by atomic mass is 19.4. The molecule has 1 saturated heterocycles. The Hall–Kier alpha value is -0.780. The maximum absolute atomic E-state index is 12.4. The van der Waals surface area contributed by atoms with E-state index in [1.165, 1.54) is 4.90 Å². The van der Waals surface area contributed by atoms with Crippen molar-refractivity contribution >= 4 is 5.91 Å². The minimum atomic E-state index is -4.43.